The van der Waals surface area contributed by atoms with E-state index in [1.807, 2.05) is 0 Å². The van der Waals surface area contributed by atoms with E-state index in [0.29, 0.717) is 18.3 Å². The van der Waals surface area contributed by atoms with Crippen molar-refractivity contribution in [3.05, 3.63) is 12.2 Å². The third-order valence-corrected chi connectivity index (χ3v) is 5.88. The lowest BCUT2D eigenvalue weighted by molar-refractivity contribution is -0.129. The third-order valence-electron chi connectivity index (χ3n) is 5.88. The summed E-state index contributed by atoms with van der Waals surface area (Å²) in [7, 11) is 0. The largest absolute Gasteiger partial charge is 0.393 e. The minimum atomic E-state index is -0.209. The first kappa shape index (κ1) is 13.8. The smallest absolute Gasteiger partial charge is 0.120 e. The second kappa shape index (κ2) is 4.48. The molecular formula is C16H26O2. The minimum absolute atomic E-state index is 0.0468. The Labute approximate surface area is 110 Å². The molecular weight excluding hydrogens is 224 g/mol. The Kier molecular flexibility index (Phi) is 3.44. The van der Waals surface area contributed by atoms with Crippen molar-refractivity contribution in [3.63, 3.8) is 0 Å². The molecule has 0 aromatic rings. The zero-order chi connectivity index (χ0) is 13.6. The van der Waals surface area contributed by atoms with Gasteiger partial charge in [0.15, 0.2) is 0 Å². The molecule has 4 atom stereocenters. The average molecular weight is 250 g/mol. The second-order valence-electron chi connectivity index (χ2n) is 7.09. The first-order chi connectivity index (χ1) is 8.34. The standard InChI is InChI=1S/C16H26O2/c1-11-5-6-13-15(2,3)14(18)7-9-16(13,4)12(11)8-10-17/h10,12-14,18H,1,5-9H2,2-4H3/t12-,13-,14-,16+/m0/s1. The van der Waals surface area contributed by atoms with Crippen molar-refractivity contribution in [1.29, 1.82) is 0 Å². The lowest BCUT2D eigenvalue weighted by Crippen LogP contribution is -2.54. The number of aldehydes is 1. The van der Waals surface area contributed by atoms with Crippen LogP contribution in [0.4, 0.5) is 0 Å². The molecule has 0 saturated heterocycles. The van der Waals surface area contributed by atoms with Crippen LogP contribution in [0.15, 0.2) is 12.2 Å². The molecule has 0 bridgehead atoms. The maximum Gasteiger partial charge on any atom is 0.120 e. The van der Waals surface area contributed by atoms with E-state index in [-0.39, 0.29) is 16.9 Å². The number of rotatable bonds is 2. The molecule has 18 heavy (non-hydrogen) atoms. The molecule has 2 fully saturated rings. The Morgan fingerprint density at radius 3 is 2.67 bits per heavy atom. The highest BCUT2D eigenvalue weighted by Crippen LogP contribution is 2.61. The summed E-state index contributed by atoms with van der Waals surface area (Å²) in [5, 5.41) is 10.3. The summed E-state index contributed by atoms with van der Waals surface area (Å²) >= 11 is 0. The number of carbonyl (C=O) groups is 1. The maximum atomic E-state index is 11.0. The van der Waals surface area contributed by atoms with Crippen molar-refractivity contribution >= 4 is 6.29 Å². The number of hydrogen-bond acceptors (Lipinski definition) is 2. The van der Waals surface area contributed by atoms with Gasteiger partial charge in [0.1, 0.15) is 6.29 Å². The van der Waals surface area contributed by atoms with Crippen LogP contribution in [0.2, 0.25) is 0 Å². The highest BCUT2D eigenvalue weighted by atomic mass is 16.3. The minimum Gasteiger partial charge on any atom is -0.393 e. The van der Waals surface area contributed by atoms with Crippen molar-refractivity contribution in [2.24, 2.45) is 22.7 Å². The molecule has 0 aromatic carbocycles. The van der Waals surface area contributed by atoms with Crippen LogP contribution in [0.25, 0.3) is 0 Å². The van der Waals surface area contributed by atoms with Crippen molar-refractivity contribution < 1.29 is 9.90 Å². The molecule has 2 heteroatoms. The van der Waals surface area contributed by atoms with Crippen LogP contribution in [0.3, 0.4) is 0 Å². The quantitative estimate of drug-likeness (QED) is 0.603. The highest BCUT2D eigenvalue weighted by Gasteiger charge is 2.55. The molecule has 102 valence electrons. The van der Waals surface area contributed by atoms with Gasteiger partial charge >= 0.3 is 0 Å². The SMILES string of the molecule is C=C1CC[C@H]2C(C)(C)[C@@H](O)CC[C@]2(C)[C@H]1CC=O. The first-order valence-electron chi connectivity index (χ1n) is 7.13. The van der Waals surface area contributed by atoms with Gasteiger partial charge in [0.2, 0.25) is 0 Å². The summed E-state index contributed by atoms with van der Waals surface area (Å²) < 4.78 is 0. The van der Waals surface area contributed by atoms with Gasteiger partial charge in [-0.15, -0.1) is 0 Å². The van der Waals surface area contributed by atoms with Gasteiger partial charge in [0.25, 0.3) is 0 Å². The number of carbonyl (C=O) groups excluding carboxylic acids is 1. The molecule has 0 aromatic heterocycles. The fourth-order valence-electron chi connectivity index (χ4n) is 4.70. The second-order valence-corrected chi connectivity index (χ2v) is 7.09. The molecule has 2 rings (SSSR count). The van der Waals surface area contributed by atoms with Gasteiger partial charge in [-0.2, -0.15) is 0 Å². The van der Waals surface area contributed by atoms with Gasteiger partial charge in [0.05, 0.1) is 6.10 Å². The summed E-state index contributed by atoms with van der Waals surface area (Å²) in [5.41, 5.74) is 1.33. The van der Waals surface area contributed by atoms with Crippen LogP contribution in [0.1, 0.15) is 52.9 Å². The Morgan fingerprint density at radius 1 is 1.39 bits per heavy atom. The zero-order valence-corrected chi connectivity index (χ0v) is 11.9. The van der Waals surface area contributed by atoms with Gasteiger partial charge in [-0.05, 0) is 48.3 Å². The monoisotopic (exact) mass is 250 g/mol. The van der Waals surface area contributed by atoms with E-state index in [1.54, 1.807) is 0 Å². The van der Waals surface area contributed by atoms with E-state index in [9.17, 15) is 9.90 Å². The van der Waals surface area contributed by atoms with Crippen LogP contribution < -0.4 is 0 Å². The lowest BCUT2D eigenvalue weighted by Gasteiger charge is -2.59. The molecule has 1 N–H and O–H groups in total. The molecule has 0 heterocycles. The van der Waals surface area contributed by atoms with Gasteiger partial charge in [-0.1, -0.05) is 32.9 Å². The molecule has 2 nitrogen and oxygen atoms in total. The molecule has 0 amide bonds. The fraction of sp³-hybridized carbons (Fsp3) is 0.812. The number of aliphatic hydroxyl groups is 1. The van der Waals surface area contributed by atoms with Crippen LogP contribution in [-0.2, 0) is 4.79 Å². The Hall–Kier alpha value is -0.630. The third kappa shape index (κ3) is 1.85. The Balaban J connectivity index is 2.37. The van der Waals surface area contributed by atoms with Crippen molar-refractivity contribution in [3.8, 4) is 0 Å². The fourth-order valence-corrected chi connectivity index (χ4v) is 4.70. The van der Waals surface area contributed by atoms with E-state index >= 15 is 0 Å². The maximum absolute atomic E-state index is 11.0. The Bertz CT molecular complexity index is 358. The summed E-state index contributed by atoms with van der Waals surface area (Å²) in [5.74, 6) is 0.796. The van der Waals surface area contributed by atoms with Gasteiger partial charge in [-0.25, -0.2) is 0 Å². The number of allylic oxidation sites excluding steroid dienone is 1. The van der Waals surface area contributed by atoms with E-state index in [2.05, 4.69) is 27.4 Å². The molecule has 2 saturated carbocycles. The molecule has 0 unspecified atom stereocenters. The van der Waals surface area contributed by atoms with Crippen molar-refractivity contribution in [1.82, 2.24) is 0 Å². The van der Waals surface area contributed by atoms with E-state index in [0.717, 1.165) is 32.0 Å². The molecule has 2 aliphatic rings. The lowest BCUT2D eigenvalue weighted by atomic mass is 9.46. The summed E-state index contributed by atoms with van der Waals surface area (Å²) in [6.45, 7) is 10.9. The summed E-state index contributed by atoms with van der Waals surface area (Å²) in [4.78, 5) is 11.0. The van der Waals surface area contributed by atoms with Crippen molar-refractivity contribution in [2.75, 3.05) is 0 Å². The predicted molar refractivity (Wildman–Crippen MR) is 73.2 cm³/mol. The van der Waals surface area contributed by atoms with Gasteiger partial charge in [0, 0.05) is 6.42 Å². The molecule has 0 aliphatic heterocycles. The molecule has 0 spiro atoms. The van der Waals surface area contributed by atoms with Crippen LogP contribution >= 0.6 is 0 Å². The number of fused-ring (bicyclic) bond motifs is 1. The summed E-state index contributed by atoms with van der Waals surface area (Å²) in [6.07, 6.45) is 5.41. The van der Waals surface area contributed by atoms with Gasteiger partial charge in [-0.3, -0.25) is 0 Å². The van der Waals surface area contributed by atoms with E-state index in [1.165, 1.54) is 5.57 Å². The van der Waals surface area contributed by atoms with Gasteiger partial charge < -0.3 is 9.90 Å². The van der Waals surface area contributed by atoms with E-state index in [4.69, 9.17) is 0 Å². The summed E-state index contributed by atoms with van der Waals surface area (Å²) in [6, 6.07) is 0. The highest BCUT2D eigenvalue weighted by molar-refractivity contribution is 5.51. The zero-order valence-electron chi connectivity index (χ0n) is 11.9. The number of aliphatic hydroxyl groups excluding tert-OH is 1. The van der Waals surface area contributed by atoms with Crippen molar-refractivity contribution in [2.45, 2.75) is 59.0 Å². The van der Waals surface area contributed by atoms with Crippen LogP contribution in [0, 0.1) is 22.7 Å². The normalized spacial score (nSPS) is 43.3. The van der Waals surface area contributed by atoms with Crippen LogP contribution in [-0.4, -0.2) is 17.5 Å². The van der Waals surface area contributed by atoms with E-state index < -0.39 is 0 Å². The topological polar surface area (TPSA) is 37.3 Å². The average Bonchev–Trinajstić information content (AvgIpc) is 2.29. The van der Waals surface area contributed by atoms with Crippen LogP contribution in [0.5, 0.6) is 0 Å². The molecule has 0 radical (unpaired) electrons. The first-order valence-corrected chi connectivity index (χ1v) is 7.13. The molecule has 2 aliphatic carbocycles. The Morgan fingerprint density at radius 2 is 2.06 bits per heavy atom. The number of hydrogen-bond donors (Lipinski definition) is 1. The predicted octanol–water partition coefficient (Wildman–Crippen LogP) is 3.35.